The van der Waals surface area contributed by atoms with Crippen LogP contribution in [0.25, 0.3) is 10.8 Å². The lowest BCUT2D eigenvalue weighted by atomic mass is 10.1. The number of hydrogen-bond donors (Lipinski definition) is 1. The second-order valence-electron chi connectivity index (χ2n) is 4.64. The van der Waals surface area contributed by atoms with Gasteiger partial charge in [-0.3, -0.25) is 0 Å². The number of amides is 1. The first kappa shape index (κ1) is 13.8. The number of para-hydroxylation sites is 1. The molecule has 0 bridgehead atoms. The van der Waals surface area contributed by atoms with Crippen LogP contribution in [0.1, 0.15) is 5.56 Å². The zero-order valence-corrected chi connectivity index (χ0v) is 11.8. The molecule has 1 amide bonds. The highest BCUT2D eigenvalue weighted by Crippen LogP contribution is 2.16. The van der Waals surface area contributed by atoms with Gasteiger partial charge in [0.1, 0.15) is 5.75 Å². The van der Waals surface area contributed by atoms with Gasteiger partial charge in [-0.25, -0.2) is 10.2 Å². The molecular weight excluding hydrogens is 276 g/mol. The van der Waals surface area contributed by atoms with E-state index in [1.165, 1.54) is 0 Å². The normalized spacial score (nSPS) is 10.7. The summed E-state index contributed by atoms with van der Waals surface area (Å²) in [7, 11) is 0. The lowest BCUT2D eigenvalue weighted by molar-refractivity contribution is 0.201. The van der Waals surface area contributed by atoms with Crippen molar-refractivity contribution in [2.45, 2.75) is 0 Å². The SMILES string of the molecule is O=C(N/N=C/c1cccc2ccccc12)Oc1ccccc1. The Kier molecular flexibility index (Phi) is 4.11. The van der Waals surface area contributed by atoms with Crippen LogP contribution in [0, 0.1) is 0 Å². The Labute approximate surface area is 128 Å². The van der Waals surface area contributed by atoms with Crippen LogP contribution in [-0.2, 0) is 0 Å². The molecule has 0 aliphatic heterocycles. The van der Waals surface area contributed by atoms with E-state index >= 15 is 0 Å². The van der Waals surface area contributed by atoms with Gasteiger partial charge in [0, 0.05) is 5.56 Å². The van der Waals surface area contributed by atoms with Crippen molar-refractivity contribution in [3.05, 3.63) is 78.4 Å². The molecule has 0 aromatic heterocycles. The van der Waals surface area contributed by atoms with Gasteiger partial charge in [-0.15, -0.1) is 0 Å². The number of nitrogens with one attached hydrogen (secondary N) is 1. The number of benzene rings is 3. The molecular formula is C18H14N2O2. The molecule has 0 aliphatic rings. The van der Waals surface area contributed by atoms with Gasteiger partial charge in [-0.2, -0.15) is 5.10 Å². The highest BCUT2D eigenvalue weighted by atomic mass is 16.6. The Bertz CT molecular complexity index is 808. The van der Waals surface area contributed by atoms with Gasteiger partial charge < -0.3 is 4.74 Å². The number of hydrazone groups is 1. The predicted molar refractivity (Wildman–Crippen MR) is 87.1 cm³/mol. The highest BCUT2D eigenvalue weighted by Gasteiger charge is 2.02. The first-order valence-corrected chi connectivity index (χ1v) is 6.86. The van der Waals surface area contributed by atoms with Gasteiger partial charge in [0.2, 0.25) is 0 Å². The van der Waals surface area contributed by atoms with E-state index in [0.717, 1.165) is 16.3 Å². The Morgan fingerprint density at radius 1 is 0.909 bits per heavy atom. The van der Waals surface area contributed by atoms with Crippen molar-refractivity contribution in [3.8, 4) is 5.75 Å². The van der Waals surface area contributed by atoms with Gasteiger partial charge in [0.25, 0.3) is 0 Å². The molecule has 0 atom stereocenters. The molecule has 3 aromatic rings. The second-order valence-corrected chi connectivity index (χ2v) is 4.64. The van der Waals surface area contributed by atoms with E-state index in [0.29, 0.717) is 5.75 Å². The molecule has 3 aromatic carbocycles. The molecule has 0 unspecified atom stereocenters. The Hall–Kier alpha value is -3.14. The van der Waals surface area contributed by atoms with E-state index in [1.54, 1.807) is 30.5 Å². The van der Waals surface area contributed by atoms with Crippen LogP contribution < -0.4 is 10.2 Å². The van der Waals surface area contributed by atoms with Crippen molar-refractivity contribution in [2.24, 2.45) is 5.10 Å². The fourth-order valence-corrected chi connectivity index (χ4v) is 2.14. The largest absolute Gasteiger partial charge is 0.433 e. The van der Waals surface area contributed by atoms with Gasteiger partial charge in [-0.1, -0.05) is 60.7 Å². The zero-order valence-electron chi connectivity index (χ0n) is 11.8. The molecule has 0 aliphatic carbocycles. The van der Waals surface area contributed by atoms with Crippen molar-refractivity contribution in [1.29, 1.82) is 0 Å². The summed E-state index contributed by atoms with van der Waals surface area (Å²) in [4.78, 5) is 11.6. The summed E-state index contributed by atoms with van der Waals surface area (Å²) >= 11 is 0. The molecule has 0 spiro atoms. The van der Waals surface area contributed by atoms with E-state index < -0.39 is 6.09 Å². The summed E-state index contributed by atoms with van der Waals surface area (Å²) in [5.74, 6) is 0.473. The average Bonchev–Trinajstić information content (AvgIpc) is 2.56. The van der Waals surface area contributed by atoms with E-state index in [9.17, 15) is 4.79 Å². The van der Waals surface area contributed by atoms with E-state index in [4.69, 9.17) is 4.74 Å². The van der Waals surface area contributed by atoms with Crippen LogP contribution in [0.2, 0.25) is 0 Å². The first-order valence-electron chi connectivity index (χ1n) is 6.86. The molecule has 0 fully saturated rings. The zero-order chi connectivity index (χ0) is 15.2. The molecule has 0 saturated heterocycles. The van der Waals surface area contributed by atoms with Crippen LogP contribution in [0.5, 0.6) is 5.75 Å². The topological polar surface area (TPSA) is 50.7 Å². The summed E-state index contributed by atoms with van der Waals surface area (Å²) in [5, 5.41) is 6.14. The van der Waals surface area contributed by atoms with Crippen molar-refractivity contribution in [2.75, 3.05) is 0 Å². The van der Waals surface area contributed by atoms with E-state index in [2.05, 4.69) is 10.5 Å². The monoisotopic (exact) mass is 290 g/mol. The van der Waals surface area contributed by atoms with Crippen LogP contribution >= 0.6 is 0 Å². The summed E-state index contributed by atoms with van der Waals surface area (Å²) < 4.78 is 5.08. The molecule has 22 heavy (non-hydrogen) atoms. The van der Waals surface area contributed by atoms with Crippen LogP contribution in [0.4, 0.5) is 4.79 Å². The van der Waals surface area contributed by atoms with Crippen LogP contribution in [0.15, 0.2) is 77.9 Å². The van der Waals surface area contributed by atoms with Crippen molar-refractivity contribution in [3.63, 3.8) is 0 Å². The Morgan fingerprint density at radius 2 is 1.64 bits per heavy atom. The first-order chi connectivity index (χ1) is 10.8. The number of carbonyl (C=O) groups is 1. The minimum Gasteiger partial charge on any atom is -0.409 e. The van der Waals surface area contributed by atoms with Gasteiger partial charge >= 0.3 is 6.09 Å². The maximum atomic E-state index is 11.6. The van der Waals surface area contributed by atoms with E-state index in [1.807, 2.05) is 48.5 Å². The second kappa shape index (κ2) is 6.54. The molecule has 0 heterocycles. The number of fused-ring (bicyclic) bond motifs is 1. The van der Waals surface area contributed by atoms with Crippen molar-refractivity contribution in [1.82, 2.24) is 5.43 Å². The van der Waals surface area contributed by atoms with Gasteiger partial charge in [0.05, 0.1) is 6.21 Å². The minimum atomic E-state index is -0.623. The molecule has 0 radical (unpaired) electrons. The quantitative estimate of drug-likeness (QED) is 0.586. The Balaban J connectivity index is 1.67. The third-order valence-corrected chi connectivity index (χ3v) is 3.14. The highest BCUT2D eigenvalue weighted by molar-refractivity contribution is 5.99. The van der Waals surface area contributed by atoms with Crippen molar-refractivity contribution < 1.29 is 9.53 Å². The predicted octanol–water partition coefficient (Wildman–Crippen LogP) is 3.96. The number of hydrogen-bond acceptors (Lipinski definition) is 3. The lowest BCUT2D eigenvalue weighted by Crippen LogP contribution is -2.21. The molecule has 1 N–H and O–H groups in total. The summed E-state index contributed by atoms with van der Waals surface area (Å²) in [6, 6.07) is 22.8. The fraction of sp³-hybridized carbons (Fsp3) is 0. The maximum Gasteiger partial charge on any atom is 0.433 e. The summed E-state index contributed by atoms with van der Waals surface area (Å²) in [6.07, 6.45) is 0.983. The standard InChI is InChI=1S/C18H14N2O2/c21-18(22-16-10-2-1-3-11-16)20-19-13-15-9-6-8-14-7-4-5-12-17(14)15/h1-13H,(H,20,21)/b19-13+. The molecule has 4 heteroatoms. The number of rotatable bonds is 3. The molecule has 3 rings (SSSR count). The minimum absolute atomic E-state index is 0.473. The smallest absolute Gasteiger partial charge is 0.409 e. The number of nitrogens with zero attached hydrogens (tertiary/aromatic N) is 1. The molecule has 4 nitrogen and oxygen atoms in total. The molecule has 0 saturated carbocycles. The third kappa shape index (κ3) is 3.30. The molecule has 108 valence electrons. The summed E-state index contributed by atoms with van der Waals surface area (Å²) in [6.45, 7) is 0. The Morgan fingerprint density at radius 3 is 2.50 bits per heavy atom. The van der Waals surface area contributed by atoms with Crippen LogP contribution in [0.3, 0.4) is 0 Å². The van der Waals surface area contributed by atoms with Crippen molar-refractivity contribution >= 4 is 23.1 Å². The van der Waals surface area contributed by atoms with Gasteiger partial charge in [0.15, 0.2) is 0 Å². The van der Waals surface area contributed by atoms with Gasteiger partial charge in [-0.05, 0) is 22.9 Å². The number of carbonyl (C=O) groups excluding carboxylic acids is 1. The average molecular weight is 290 g/mol. The number of ether oxygens (including phenoxy) is 1. The fourth-order valence-electron chi connectivity index (χ4n) is 2.14. The van der Waals surface area contributed by atoms with Crippen LogP contribution in [-0.4, -0.2) is 12.3 Å². The van der Waals surface area contributed by atoms with E-state index in [-0.39, 0.29) is 0 Å². The third-order valence-electron chi connectivity index (χ3n) is 3.14. The lowest BCUT2D eigenvalue weighted by Gasteiger charge is -2.03. The maximum absolute atomic E-state index is 11.6. The summed E-state index contributed by atoms with van der Waals surface area (Å²) in [5.41, 5.74) is 3.28.